The van der Waals surface area contributed by atoms with Gasteiger partial charge in [-0.3, -0.25) is 0 Å². The van der Waals surface area contributed by atoms with E-state index in [-0.39, 0.29) is 5.97 Å². The number of hydrogen-bond acceptors (Lipinski definition) is 2. The van der Waals surface area contributed by atoms with E-state index in [0.29, 0.717) is 18.6 Å². The maximum absolute atomic E-state index is 11.7. The van der Waals surface area contributed by atoms with Crippen LogP contribution in [0.3, 0.4) is 0 Å². The summed E-state index contributed by atoms with van der Waals surface area (Å²) in [6, 6.07) is 9.02. The van der Waals surface area contributed by atoms with E-state index < -0.39 is 0 Å². The van der Waals surface area contributed by atoms with Crippen molar-refractivity contribution in [2.24, 2.45) is 0 Å². The van der Waals surface area contributed by atoms with Crippen molar-refractivity contribution in [1.29, 1.82) is 0 Å². The minimum atomic E-state index is -0.286. The molecule has 0 aliphatic heterocycles. The molecule has 0 saturated carbocycles. The normalized spacial score (nSPS) is 10.3. The molecular formula is C21H28O2. The number of benzene rings is 1. The van der Waals surface area contributed by atoms with Crippen LogP contribution in [0.4, 0.5) is 0 Å². The third kappa shape index (κ3) is 10.4. The van der Waals surface area contributed by atoms with Gasteiger partial charge in [0.25, 0.3) is 0 Å². The molecule has 124 valence electrons. The summed E-state index contributed by atoms with van der Waals surface area (Å²) in [5.74, 6) is 5.70. The molecular weight excluding hydrogens is 284 g/mol. The Morgan fingerprint density at radius 1 is 1.09 bits per heavy atom. The summed E-state index contributed by atoms with van der Waals surface area (Å²) >= 11 is 0. The fourth-order valence-electron chi connectivity index (χ4n) is 2.17. The molecule has 0 amide bonds. The van der Waals surface area contributed by atoms with E-state index in [1.165, 1.54) is 38.5 Å². The van der Waals surface area contributed by atoms with E-state index in [2.05, 4.69) is 24.8 Å². The highest BCUT2D eigenvalue weighted by molar-refractivity contribution is 5.89. The lowest BCUT2D eigenvalue weighted by atomic mass is 10.1. The Balaban J connectivity index is 2.01. The summed E-state index contributed by atoms with van der Waals surface area (Å²) < 4.78 is 5.15. The van der Waals surface area contributed by atoms with Gasteiger partial charge in [0.1, 0.15) is 6.61 Å². The molecule has 1 aromatic carbocycles. The van der Waals surface area contributed by atoms with Gasteiger partial charge in [-0.05, 0) is 31.1 Å². The predicted molar refractivity (Wildman–Crippen MR) is 96.3 cm³/mol. The Kier molecular flexibility index (Phi) is 11.3. The van der Waals surface area contributed by atoms with Crippen molar-refractivity contribution >= 4 is 5.97 Å². The molecule has 0 spiro atoms. The van der Waals surface area contributed by atoms with Crippen molar-refractivity contribution in [3.63, 3.8) is 0 Å². The van der Waals surface area contributed by atoms with Crippen LogP contribution in [0.1, 0.15) is 68.6 Å². The fourth-order valence-corrected chi connectivity index (χ4v) is 2.17. The van der Waals surface area contributed by atoms with E-state index in [1.54, 1.807) is 12.1 Å². The molecule has 0 saturated heterocycles. The third-order valence-electron chi connectivity index (χ3n) is 3.50. The SMILES string of the molecule is CCCCCCCC/C=C/C#CCCOC(=O)c1ccccc1. The number of carbonyl (C=O) groups excluding carboxylic acids is 1. The first-order valence-corrected chi connectivity index (χ1v) is 8.70. The number of rotatable bonds is 10. The van der Waals surface area contributed by atoms with E-state index >= 15 is 0 Å². The average molecular weight is 312 g/mol. The van der Waals surface area contributed by atoms with Crippen LogP contribution >= 0.6 is 0 Å². The summed E-state index contributed by atoms with van der Waals surface area (Å²) in [5, 5.41) is 0. The van der Waals surface area contributed by atoms with Crippen LogP contribution in [-0.4, -0.2) is 12.6 Å². The number of esters is 1. The molecule has 0 radical (unpaired) electrons. The fraction of sp³-hybridized carbons (Fsp3) is 0.476. The minimum absolute atomic E-state index is 0.286. The zero-order valence-electron chi connectivity index (χ0n) is 14.2. The summed E-state index contributed by atoms with van der Waals surface area (Å²) in [6.45, 7) is 2.58. The number of allylic oxidation sites excluding steroid dienone is 2. The molecule has 0 aromatic heterocycles. The van der Waals surface area contributed by atoms with Crippen LogP contribution in [0.2, 0.25) is 0 Å². The van der Waals surface area contributed by atoms with Crippen LogP contribution < -0.4 is 0 Å². The first-order chi connectivity index (χ1) is 11.3. The lowest BCUT2D eigenvalue weighted by Gasteiger charge is -2.01. The maximum Gasteiger partial charge on any atom is 0.338 e. The van der Waals surface area contributed by atoms with Gasteiger partial charge in [0.15, 0.2) is 0 Å². The first-order valence-electron chi connectivity index (χ1n) is 8.70. The number of ether oxygens (including phenoxy) is 1. The largest absolute Gasteiger partial charge is 0.461 e. The molecule has 0 N–H and O–H groups in total. The van der Waals surface area contributed by atoms with Gasteiger partial charge < -0.3 is 4.74 Å². The molecule has 0 heterocycles. The second-order valence-corrected chi connectivity index (χ2v) is 5.53. The van der Waals surface area contributed by atoms with E-state index in [1.807, 2.05) is 24.3 Å². The predicted octanol–water partition coefficient (Wildman–Crippen LogP) is 5.54. The summed E-state index contributed by atoms with van der Waals surface area (Å²) in [7, 11) is 0. The van der Waals surface area contributed by atoms with Gasteiger partial charge in [0.2, 0.25) is 0 Å². The monoisotopic (exact) mass is 312 g/mol. The highest BCUT2D eigenvalue weighted by Gasteiger charge is 2.03. The summed E-state index contributed by atoms with van der Waals surface area (Å²) in [4.78, 5) is 11.7. The van der Waals surface area contributed by atoms with Crippen molar-refractivity contribution < 1.29 is 9.53 Å². The van der Waals surface area contributed by atoms with Gasteiger partial charge >= 0.3 is 5.97 Å². The molecule has 0 fully saturated rings. The smallest absolute Gasteiger partial charge is 0.338 e. The molecule has 0 unspecified atom stereocenters. The average Bonchev–Trinajstić information content (AvgIpc) is 2.59. The second-order valence-electron chi connectivity index (χ2n) is 5.53. The quantitative estimate of drug-likeness (QED) is 0.322. The molecule has 0 aliphatic rings. The molecule has 1 rings (SSSR count). The molecule has 1 aromatic rings. The molecule has 23 heavy (non-hydrogen) atoms. The minimum Gasteiger partial charge on any atom is -0.461 e. The Hall–Kier alpha value is -2.01. The third-order valence-corrected chi connectivity index (χ3v) is 3.50. The van der Waals surface area contributed by atoms with Gasteiger partial charge in [0.05, 0.1) is 5.56 Å². The zero-order valence-corrected chi connectivity index (χ0v) is 14.2. The highest BCUT2D eigenvalue weighted by Crippen LogP contribution is 2.07. The lowest BCUT2D eigenvalue weighted by Crippen LogP contribution is -2.05. The molecule has 0 aliphatic carbocycles. The van der Waals surface area contributed by atoms with E-state index in [0.717, 1.165) is 6.42 Å². The lowest BCUT2D eigenvalue weighted by molar-refractivity contribution is 0.0513. The Bertz CT molecular complexity index is 506. The van der Waals surface area contributed by atoms with Gasteiger partial charge in [-0.1, -0.05) is 75.1 Å². The van der Waals surface area contributed by atoms with Gasteiger partial charge in [0, 0.05) is 6.42 Å². The Morgan fingerprint density at radius 2 is 1.83 bits per heavy atom. The Morgan fingerprint density at radius 3 is 2.61 bits per heavy atom. The van der Waals surface area contributed by atoms with Crippen molar-refractivity contribution in [1.82, 2.24) is 0 Å². The molecule has 0 atom stereocenters. The molecule has 2 heteroatoms. The van der Waals surface area contributed by atoms with E-state index in [9.17, 15) is 4.79 Å². The van der Waals surface area contributed by atoms with Crippen molar-refractivity contribution in [2.45, 2.75) is 58.3 Å². The summed E-state index contributed by atoms with van der Waals surface area (Å²) in [5.41, 5.74) is 0.583. The topological polar surface area (TPSA) is 26.3 Å². The zero-order chi connectivity index (χ0) is 16.6. The highest BCUT2D eigenvalue weighted by atomic mass is 16.5. The van der Waals surface area contributed by atoms with Crippen LogP contribution in [0.25, 0.3) is 0 Å². The van der Waals surface area contributed by atoms with E-state index in [4.69, 9.17) is 4.74 Å². The standard InChI is InChI=1S/C21H28O2/c1-2-3-4-5-6-7-8-9-10-11-12-16-19-23-21(22)20-17-14-13-15-18-20/h9-10,13-15,17-18H,2-8,16,19H2,1H3/b10-9+. The number of unbranched alkanes of at least 4 members (excludes halogenated alkanes) is 6. The van der Waals surface area contributed by atoms with Crippen LogP contribution in [0, 0.1) is 11.8 Å². The number of hydrogen-bond donors (Lipinski definition) is 0. The number of carbonyl (C=O) groups is 1. The second kappa shape index (κ2) is 13.6. The Labute approximate surface area is 140 Å². The van der Waals surface area contributed by atoms with Crippen molar-refractivity contribution in [3.8, 4) is 11.8 Å². The van der Waals surface area contributed by atoms with Gasteiger partial charge in [-0.15, -0.1) is 0 Å². The first kappa shape index (κ1) is 19.0. The van der Waals surface area contributed by atoms with Gasteiger partial charge in [-0.25, -0.2) is 4.79 Å². The van der Waals surface area contributed by atoms with Crippen molar-refractivity contribution in [2.75, 3.05) is 6.61 Å². The van der Waals surface area contributed by atoms with Crippen LogP contribution in [0.5, 0.6) is 0 Å². The maximum atomic E-state index is 11.7. The molecule has 2 nitrogen and oxygen atoms in total. The molecule has 0 bridgehead atoms. The van der Waals surface area contributed by atoms with Crippen LogP contribution in [-0.2, 0) is 4.74 Å². The van der Waals surface area contributed by atoms with Crippen LogP contribution in [0.15, 0.2) is 42.5 Å². The van der Waals surface area contributed by atoms with Gasteiger partial charge in [-0.2, -0.15) is 0 Å². The summed E-state index contributed by atoms with van der Waals surface area (Å²) in [6.07, 6.45) is 13.6. The van der Waals surface area contributed by atoms with Crippen molar-refractivity contribution in [3.05, 3.63) is 48.0 Å².